The monoisotopic (exact) mass is 329 g/mol. The van der Waals surface area contributed by atoms with Crippen LogP contribution in [-0.2, 0) is 12.6 Å². The summed E-state index contributed by atoms with van der Waals surface area (Å²) in [5.74, 6) is -0.133. The minimum atomic E-state index is -1.03. The van der Waals surface area contributed by atoms with E-state index in [9.17, 15) is 14.3 Å². The van der Waals surface area contributed by atoms with Crippen LogP contribution in [0.5, 0.6) is 0 Å². The molecule has 24 heavy (non-hydrogen) atoms. The number of aryl methyl sites for hydroxylation is 1. The zero-order valence-electron chi connectivity index (χ0n) is 13.5. The lowest BCUT2D eigenvalue weighted by molar-refractivity contribution is -0.0555. The van der Waals surface area contributed by atoms with E-state index in [-0.39, 0.29) is 23.6 Å². The maximum Gasteiger partial charge on any atom is 0.257 e. The van der Waals surface area contributed by atoms with Crippen LogP contribution in [0.1, 0.15) is 41.9 Å². The smallest absolute Gasteiger partial charge is 0.257 e. The molecule has 2 unspecified atom stereocenters. The van der Waals surface area contributed by atoms with Crippen molar-refractivity contribution >= 4 is 5.91 Å². The van der Waals surface area contributed by atoms with Crippen molar-refractivity contribution in [1.29, 1.82) is 0 Å². The molecule has 1 aromatic heterocycles. The Bertz CT molecular complexity index is 774. The first kappa shape index (κ1) is 15.3. The summed E-state index contributed by atoms with van der Waals surface area (Å²) in [4.78, 5) is 18.9. The first-order chi connectivity index (χ1) is 11.5. The molecule has 1 aromatic carbocycles. The summed E-state index contributed by atoms with van der Waals surface area (Å²) in [6, 6.07) is 5.92. The number of carbonyl (C=O) groups is 1. The second-order valence-electron chi connectivity index (χ2n) is 6.88. The van der Waals surface area contributed by atoms with Gasteiger partial charge < -0.3 is 14.6 Å². The van der Waals surface area contributed by atoms with Crippen LogP contribution in [0.4, 0.5) is 4.39 Å². The Morgan fingerprint density at radius 3 is 2.54 bits per heavy atom. The van der Waals surface area contributed by atoms with E-state index in [1.165, 1.54) is 12.1 Å². The quantitative estimate of drug-likeness (QED) is 0.919. The molecule has 2 bridgehead atoms. The molecule has 0 radical (unpaired) electrons. The zero-order valence-corrected chi connectivity index (χ0v) is 13.5. The molecule has 4 rings (SSSR count). The summed E-state index contributed by atoms with van der Waals surface area (Å²) in [6.07, 6.45) is 6.02. The standard InChI is InChI=1S/C18H20FN3O2/c1-21-9-8-20-17(21)18(24)10-12-6-7-13(11-18)22(12)16(23)14-4-2-3-5-15(14)19/h2-5,8-9,12-13,24H,6-7,10-11H2,1H3. The van der Waals surface area contributed by atoms with E-state index >= 15 is 0 Å². The van der Waals surface area contributed by atoms with E-state index in [0.717, 1.165) is 12.8 Å². The molecule has 0 aliphatic carbocycles. The van der Waals surface area contributed by atoms with Crippen molar-refractivity contribution in [1.82, 2.24) is 14.5 Å². The van der Waals surface area contributed by atoms with Crippen LogP contribution in [0, 0.1) is 5.82 Å². The first-order valence-corrected chi connectivity index (χ1v) is 8.27. The van der Waals surface area contributed by atoms with Crippen molar-refractivity contribution in [2.75, 3.05) is 0 Å². The number of aliphatic hydroxyl groups is 1. The number of amides is 1. The highest BCUT2D eigenvalue weighted by Crippen LogP contribution is 2.45. The Balaban J connectivity index is 1.63. The van der Waals surface area contributed by atoms with Gasteiger partial charge in [-0.3, -0.25) is 4.79 Å². The number of piperidine rings is 1. The molecular weight excluding hydrogens is 309 g/mol. The largest absolute Gasteiger partial charge is 0.382 e. The highest BCUT2D eigenvalue weighted by atomic mass is 19.1. The number of aromatic nitrogens is 2. The van der Waals surface area contributed by atoms with Crippen molar-refractivity contribution < 1.29 is 14.3 Å². The Labute approximate surface area is 139 Å². The number of fused-ring (bicyclic) bond motifs is 2. The number of nitrogens with zero attached hydrogens (tertiary/aromatic N) is 3. The summed E-state index contributed by atoms with van der Waals surface area (Å²) in [5.41, 5.74) is -0.923. The van der Waals surface area contributed by atoms with Crippen molar-refractivity contribution in [3.05, 3.63) is 53.9 Å². The Kier molecular flexibility index (Phi) is 3.46. The summed E-state index contributed by atoms with van der Waals surface area (Å²) >= 11 is 0. The average Bonchev–Trinajstić information content (AvgIpc) is 3.10. The number of rotatable bonds is 2. The fourth-order valence-electron chi connectivity index (χ4n) is 4.33. The van der Waals surface area contributed by atoms with Gasteiger partial charge in [-0.1, -0.05) is 12.1 Å². The number of benzene rings is 1. The maximum atomic E-state index is 14.0. The Morgan fingerprint density at radius 2 is 1.96 bits per heavy atom. The molecular formula is C18H20FN3O2. The molecule has 2 fully saturated rings. The van der Waals surface area contributed by atoms with Gasteiger partial charge in [0.2, 0.25) is 0 Å². The second kappa shape index (κ2) is 5.41. The van der Waals surface area contributed by atoms with Crippen LogP contribution in [0.25, 0.3) is 0 Å². The number of hydrogen-bond donors (Lipinski definition) is 1. The first-order valence-electron chi connectivity index (χ1n) is 8.27. The van der Waals surface area contributed by atoms with Crippen LogP contribution >= 0.6 is 0 Å². The van der Waals surface area contributed by atoms with Gasteiger partial charge in [-0.2, -0.15) is 0 Å². The van der Waals surface area contributed by atoms with Gasteiger partial charge in [0.25, 0.3) is 5.91 Å². The summed E-state index contributed by atoms with van der Waals surface area (Å²) < 4.78 is 15.8. The zero-order chi connectivity index (χ0) is 16.9. The van der Waals surface area contributed by atoms with Crippen molar-refractivity contribution in [3.63, 3.8) is 0 Å². The van der Waals surface area contributed by atoms with Crippen LogP contribution in [0.15, 0.2) is 36.7 Å². The topological polar surface area (TPSA) is 58.4 Å². The predicted octanol–water partition coefficient (Wildman–Crippen LogP) is 2.21. The molecule has 2 aliphatic rings. The molecule has 2 aromatic rings. The number of hydrogen-bond acceptors (Lipinski definition) is 3. The summed E-state index contributed by atoms with van der Waals surface area (Å²) in [7, 11) is 1.86. The molecule has 1 amide bonds. The minimum Gasteiger partial charge on any atom is -0.382 e. The molecule has 2 aliphatic heterocycles. The molecule has 0 spiro atoms. The Hall–Kier alpha value is -2.21. The van der Waals surface area contributed by atoms with E-state index < -0.39 is 11.4 Å². The minimum absolute atomic E-state index is 0.0856. The highest BCUT2D eigenvalue weighted by molar-refractivity contribution is 5.95. The number of carbonyl (C=O) groups excluding carboxylic acids is 1. The lowest BCUT2D eigenvalue weighted by Crippen LogP contribution is -2.52. The van der Waals surface area contributed by atoms with Crippen LogP contribution in [-0.4, -0.2) is 37.5 Å². The van der Waals surface area contributed by atoms with Gasteiger partial charge in [0.15, 0.2) is 0 Å². The van der Waals surface area contributed by atoms with Crippen molar-refractivity contribution in [3.8, 4) is 0 Å². The predicted molar refractivity (Wildman–Crippen MR) is 85.7 cm³/mol. The lowest BCUT2D eigenvalue weighted by atomic mass is 9.85. The average molecular weight is 329 g/mol. The molecule has 3 heterocycles. The third-order valence-corrected chi connectivity index (χ3v) is 5.34. The number of imidazole rings is 1. The molecule has 0 saturated carbocycles. The maximum absolute atomic E-state index is 14.0. The van der Waals surface area contributed by atoms with Crippen molar-refractivity contribution in [2.24, 2.45) is 7.05 Å². The second-order valence-corrected chi connectivity index (χ2v) is 6.88. The van der Waals surface area contributed by atoms with E-state index in [0.29, 0.717) is 18.7 Å². The third kappa shape index (κ3) is 2.24. The van der Waals surface area contributed by atoms with Crippen LogP contribution in [0.3, 0.4) is 0 Å². The van der Waals surface area contributed by atoms with Gasteiger partial charge in [-0.15, -0.1) is 0 Å². The van der Waals surface area contributed by atoms with Gasteiger partial charge >= 0.3 is 0 Å². The van der Waals surface area contributed by atoms with E-state index in [1.807, 2.05) is 17.8 Å². The normalized spacial score (nSPS) is 29.0. The molecule has 6 heteroatoms. The van der Waals surface area contributed by atoms with Crippen LogP contribution < -0.4 is 0 Å². The fourth-order valence-corrected chi connectivity index (χ4v) is 4.33. The third-order valence-electron chi connectivity index (χ3n) is 5.34. The van der Waals surface area contributed by atoms with Gasteiger partial charge in [0.05, 0.1) is 5.56 Å². The highest BCUT2D eigenvalue weighted by Gasteiger charge is 2.51. The van der Waals surface area contributed by atoms with Gasteiger partial charge in [0.1, 0.15) is 17.2 Å². The molecule has 2 saturated heterocycles. The fraction of sp³-hybridized carbons (Fsp3) is 0.444. The molecule has 126 valence electrons. The summed E-state index contributed by atoms with van der Waals surface area (Å²) in [6.45, 7) is 0. The van der Waals surface area contributed by atoms with Gasteiger partial charge in [-0.05, 0) is 25.0 Å². The van der Waals surface area contributed by atoms with E-state index in [4.69, 9.17) is 0 Å². The van der Waals surface area contributed by atoms with Crippen molar-refractivity contribution in [2.45, 2.75) is 43.4 Å². The van der Waals surface area contributed by atoms with E-state index in [2.05, 4.69) is 4.98 Å². The molecule has 1 N–H and O–H groups in total. The van der Waals surface area contributed by atoms with Crippen LogP contribution in [0.2, 0.25) is 0 Å². The molecule has 5 nitrogen and oxygen atoms in total. The lowest BCUT2D eigenvalue weighted by Gasteiger charge is -2.43. The number of halogens is 1. The SMILES string of the molecule is Cn1ccnc1C1(O)CC2CCC(C1)N2C(=O)c1ccccc1F. The summed E-state index contributed by atoms with van der Waals surface area (Å²) in [5, 5.41) is 11.1. The van der Waals surface area contributed by atoms with Gasteiger partial charge in [-0.25, -0.2) is 9.37 Å². The Morgan fingerprint density at radius 1 is 1.29 bits per heavy atom. The van der Waals surface area contributed by atoms with Gasteiger partial charge in [0, 0.05) is 44.4 Å². The molecule has 2 atom stereocenters. The van der Waals surface area contributed by atoms with E-state index in [1.54, 1.807) is 23.2 Å².